The number of ether oxygens (including phenoxy) is 1. The highest BCUT2D eigenvalue weighted by Gasteiger charge is 2.35. The number of carbonyl (C=O) groups excluding carboxylic acids is 2. The molecule has 2 rings (SSSR count). The van der Waals surface area contributed by atoms with Crippen molar-refractivity contribution in [2.75, 3.05) is 5.75 Å². The molecule has 0 amide bonds. The lowest BCUT2D eigenvalue weighted by atomic mass is 9.76. The van der Waals surface area contributed by atoms with E-state index in [1.165, 1.54) is 11.8 Å². The quantitative estimate of drug-likeness (QED) is 0.776. The number of rotatable bonds is 5. The van der Waals surface area contributed by atoms with E-state index in [2.05, 4.69) is 0 Å². The van der Waals surface area contributed by atoms with Crippen molar-refractivity contribution in [3.05, 3.63) is 35.9 Å². The maximum Gasteiger partial charge on any atom is 0.309 e. The molecule has 0 radical (unpaired) electrons. The van der Waals surface area contributed by atoms with Crippen LogP contribution in [0.15, 0.2) is 30.3 Å². The zero-order valence-electron chi connectivity index (χ0n) is 11.0. The molecule has 4 heteroatoms. The normalized spacial score (nSPS) is 21.5. The number of benzene rings is 1. The Labute approximate surface area is 117 Å². The van der Waals surface area contributed by atoms with Crippen molar-refractivity contribution in [2.24, 2.45) is 11.8 Å². The summed E-state index contributed by atoms with van der Waals surface area (Å²) in [6.45, 7) is 1.93. The number of thioether (sulfide) groups is 1. The lowest BCUT2D eigenvalue weighted by Crippen LogP contribution is -2.33. The van der Waals surface area contributed by atoms with Crippen LogP contribution in [0.4, 0.5) is 0 Å². The Morgan fingerprint density at radius 3 is 2.58 bits per heavy atom. The Bertz CT molecular complexity index is 438. The molecule has 0 unspecified atom stereocenters. The van der Waals surface area contributed by atoms with Crippen LogP contribution in [0.5, 0.6) is 0 Å². The van der Waals surface area contributed by atoms with Crippen molar-refractivity contribution in [2.45, 2.75) is 26.4 Å². The third-order valence-corrected chi connectivity index (χ3v) is 4.36. The number of hydrogen-bond donors (Lipinski definition) is 0. The Morgan fingerprint density at radius 1 is 1.26 bits per heavy atom. The minimum absolute atomic E-state index is 0.0290. The molecule has 0 aliphatic heterocycles. The second kappa shape index (κ2) is 6.75. The summed E-state index contributed by atoms with van der Waals surface area (Å²) in [5.74, 6) is 1.25. The highest BCUT2D eigenvalue weighted by atomic mass is 32.2. The van der Waals surface area contributed by atoms with Gasteiger partial charge in [0.25, 0.3) is 0 Å². The van der Waals surface area contributed by atoms with Crippen molar-refractivity contribution < 1.29 is 14.3 Å². The van der Waals surface area contributed by atoms with Gasteiger partial charge in [-0.15, -0.1) is 0 Å². The summed E-state index contributed by atoms with van der Waals surface area (Å²) >= 11 is 1.35. The first-order valence-electron chi connectivity index (χ1n) is 6.49. The maximum absolute atomic E-state index is 11.8. The second-order valence-electron chi connectivity index (χ2n) is 4.93. The van der Waals surface area contributed by atoms with Gasteiger partial charge in [-0.1, -0.05) is 42.1 Å². The topological polar surface area (TPSA) is 43.4 Å². The van der Waals surface area contributed by atoms with Crippen molar-refractivity contribution in [1.29, 1.82) is 0 Å². The van der Waals surface area contributed by atoms with Gasteiger partial charge >= 0.3 is 5.97 Å². The van der Waals surface area contributed by atoms with Gasteiger partial charge in [0.1, 0.15) is 6.61 Å². The van der Waals surface area contributed by atoms with Crippen molar-refractivity contribution in [3.63, 3.8) is 0 Å². The summed E-state index contributed by atoms with van der Waals surface area (Å²) in [4.78, 5) is 22.6. The monoisotopic (exact) mass is 278 g/mol. The van der Waals surface area contributed by atoms with E-state index in [0.717, 1.165) is 24.2 Å². The molecule has 1 saturated carbocycles. The fraction of sp³-hybridized carbons (Fsp3) is 0.467. The van der Waals surface area contributed by atoms with Crippen LogP contribution in [0.3, 0.4) is 0 Å². The number of carbonyl (C=O) groups is 2. The first-order valence-corrected chi connectivity index (χ1v) is 7.47. The van der Waals surface area contributed by atoms with E-state index >= 15 is 0 Å². The molecule has 0 spiro atoms. The molecular weight excluding hydrogens is 260 g/mol. The largest absolute Gasteiger partial charge is 0.461 e. The van der Waals surface area contributed by atoms with Gasteiger partial charge in [0.15, 0.2) is 5.12 Å². The summed E-state index contributed by atoms with van der Waals surface area (Å²) in [6.07, 6.45) is 1.71. The second-order valence-corrected chi connectivity index (χ2v) is 6.13. The molecule has 1 aromatic carbocycles. The van der Waals surface area contributed by atoms with Crippen LogP contribution in [0, 0.1) is 11.8 Å². The van der Waals surface area contributed by atoms with E-state index in [1.54, 1.807) is 6.92 Å². The third-order valence-electron chi connectivity index (χ3n) is 3.32. The zero-order chi connectivity index (χ0) is 13.7. The van der Waals surface area contributed by atoms with E-state index in [0.29, 0.717) is 12.5 Å². The van der Waals surface area contributed by atoms with E-state index in [9.17, 15) is 9.59 Å². The van der Waals surface area contributed by atoms with E-state index < -0.39 is 0 Å². The van der Waals surface area contributed by atoms with Crippen molar-refractivity contribution in [3.8, 4) is 0 Å². The smallest absolute Gasteiger partial charge is 0.309 e. The summed E-state index contributed by atoms with van der Waals surface area (Å²) in [6, 6.07) is 9.69. The number of esters is 1. The van der Waals surface area contributed by atoms with Gasteiger partial charge in [-0.2, -0.15) is 0 Å². The molecular formula is C15H18O3S. The average Bonchev–Trinajstić information content (AvgIpc) is 2.35. The zero-order valence-corrected chi connectivity index (χ0v) is 11.8. The molecule has 0 N–H and O–H groups in total. The molecule has 0 aromatic heterocycles. The standard InChI is InChI=1S/C15H18O3S/c1-11(16)19-10-13-7-14(8-13)15(17)18-9-12-5-3-2-4-6-12/h2-6,13-14H,7-10H2,1H3. The van der Waals surface area contributed by atoms with Crippen LogP contribution in [0.25, 0.3) is 0 Å². The van der Waals surface area contributed by atoms with Crippen molar-refractivity contribution >= 4 is 22.8 Å². The first-order chi connectivity index (χ1) is 9.15. The molecule has 1 aliphatic carbocycles. The fourth-order valence-corrected chi connectivity index (χ4v) is 2.89. The summed E-state index contributed by atoms with van der Waals surface area (Å²) < 4.78 is 5.29. The molecule has 19 heavy (non-hydrogen) atoms. The Kier molecular flexibility index (Phi) is 5.02. The summed E-state index contributed by atoms with van der Waals surface area (Å²) in [7, 11) is 0. The van der Waals surface area contributed by atoms with Crippen LogP contribution in [0.1, 0.15) is 25.3 Å². The van der Waals surface area contributed by atoms with E-state index in [1.807, 2.05) is 30.3 Å². The van der Waals surface area contributed by atoms with Gasteiger partial charge in [0.05, 0.1) is 5.92 Å². The molecule has 1 fully saturated rings. The minimum atomic E-state index is -0.104. The van der Waals surface area contributed by atoms with Gasteiger partial charge in [-0.3, -0.25) is 9.59 Å². The van der Waals surface area contributed by atoms with Crippen LogP contribution < -0.4 is 0 Å². The van der Waals surface area contributed by atoms with Crippen LogP contribution in [-0.2, 0) is 20.9 Å². The average molecular weight is 278 g/mol. The highest BCUT2D eigenvalue weighted by Crippen LogP contribution is 2.36. The fourth-order valence-electron chi connectivity index (χ4n) is 2.15. The predicted octanol–water partition coefficient (Wildman–Crippen LogP) is 3.04. The molecule has 102 valence electrons. The van der Waals surface area contributed by atoms with Gasteiger partial charge in [0.2, 0.25) is 0 Å². The summed E-state index contributed by atoms with van der Waals surface area (Å²) in [5, 5.41) is 0.148. The molecule has 0 atom stereocenters. The molecule has 0 heterocycles. The van der Waals surface area contributed by atoms with Crippen LogP contribution in [0.2, 0.25) is 0 Å². The van der Waals surface area contributed by atoms with Gasteiger partial charge in [-0.25, -0.2) is 0 Å². The van der Waals surface area contributed by atoms with Gasteiger partial charge < -0.3 is 4.74 Å². The Hall–Kier alpha value is -1.29. The lowest BCUT2D eigenvalue weighted by Gasteiger charge is -2.33. The van der Waals surface area contributed by atoms with E-state index in [4.69, 9.17) is 4.74 Å². The lowest BCUT2D eigenvalue weighted by molar-refractivity contribution is -0.154. The van der Waals surface area contributed by atoms with Gasteiger partial charge in [0, 0.05) is 12.7 Å². The predicted molar refractivity (Wildman–Crippen MR) is 75.6 cm³/mol. The van der Waals surface area contributed by atoms with Crippen molar-refractivity contribution in [1.82, 2.24) is 0 Å². The maximum atomic E-state index is 11.8. The molecule has 0 bridgehead atoms. The SMILES string of the molecule is CC(=O)SCC1CC(C(=O)OCc2ccccc2)C1. The summed E-state index contributed by atoms with van der Waals surface area (Å²) in [5.41, 5.74) is 1.01. The third kappa shape index (κ3) is 4.39. The van der Waals surface area contributed by atoms with E-state index in [-0.39, 0.29) is 17.0 Å². The highest BCUT2D eigenvalue weighted by molar-refractivity contribution is 8.13. The van der Waals surface area contributed by atoms with Gasteiger partial charge in [-0.05, 0) is 24.3 Å². The minimum Gasteiger partial charge on any atom is -0.461 e. The van der Waals surface area contributed by atoms with Crippen LogP contribution in [-0.4, -0.2) is 16.8 Å². The Balaban J connectivity index is 1.65. The molecule has 1 aromatic rings. The first kappa shape index (κ1) is 14.1. The molecule has 3 nitrogen and oxygen atoms in total. The van der Waals surface area contributed by atoms with Crippen LogP contribution >= 0.6 is 11.8 Å². The number of hydrogen-bond acceptors (Lipinski definition) is 4. The molecule has 1 aliphatic rings. The Morgan fingerprint density at radius 2 is 1.95 bits per heavy atom. The molecule has 0 saturated heterocycles.